The van der Waals surface area contributed by atoms with Crippen LogP contribution in [0.2, 0.25) is 0 Å². The van der Waals surface area contributed by atoms with Crippen LogP contribution >= 0.6 is 0 Å². The molecule has 17 heavy (non-hydrogen) atoms. The molecule has 0 unspecified atom stereocenters. The van der Waals surface area contributed by atoms with Gasteiger partial charge in [0.05, 0.1) is 18.7 Å². The lowest BCUT2D eigenvalue weighted by Gasteiger charge is -2.05. The van der Waals surface area contributed by atoms with Gasteiger partial charge in [0.2, 0.25) is 10.0 Å². The van der Waals surface area contributed by atoms with Crippen LogP contribution in [0.25, 0.3) is 0 Å². The molecule has 1 aromatic rings. The number of aromatic nitrogens is 3. The van der Waals surface area contributed by atoms with Crippen LogP contribution in [0.1, 0.15) is 19.2 Å². The minimum absolute atomic E-state index is 0.00971. The van der Waals surface area contributed by atoms with Crippen molar-refractivity contribution in [3.63, 3.8) is 0 Å². The molecule has 8 nitrogen and oxygen atoms in total. The highest BCUT2D eigenvalue weighted by molar-refractivity contribution is 7.89. The average Bonchev–Trinajstić information content (AvgIpc) is 2.71. The highest BCUT2D eigenvalue weighted by Gasteiger charge is 2.13. The fourth-order valence-electron chi connectivity index (χ4n) is 1.15. The molecule has 2 N–H and O–H groups in total. The van der Waals surface area contributed by atoms with Gasteiger partial charge >= 0.3 is 5.97 Å². The van der Waals surface area contributed by atoms with Gasteiger partial charge in [-0.15, -0.1) is 10.2 Å². The largest absolute Gasteiger partial charge is 0.481 e. The first kappa shape index (κ1) is 13.6. The molecule has 1 rings (SSSR count). The SMILES string of the molecule is CCn1cnnc1CNS(=O)(=O)CCC(=O)O. The van der Waals surface area contributed by atoms with E-state index in [1.165, 1.54) is 6.33 Å². The van der Waals surface area contributed by atoms with Gasteiger partial charge in [0.25, 0.3) is 0 Å². The molecule has 0 radical (unpaired) electrons. The van der Waals surface area contributed by atoms with Crippen molar-refractivity contribution in [3.8, 4) is 0 Å². The fourth-order valence-corrected chi connectivity index (χ4v) is 2.09. The van der Waals surface area contributed by atoms with Gasteiger partial charge in [-0.25, -0.2) is 13.1 Å². The molecule has 0 aromatic carbocycles. The van der Waals surface area contributed by atoms with Gasteiger partial charge in [0, 0.05) is 6.54 Å². The van der Waals surface area contributed by atoms with Crippen LogP contribution in [0.5, 0.6) is 0 Å². The quantitative estimate of drug-likeness (QED) is 0.664. The normalized spacial score (nSPS) is 11.6. The third-order valence-corrected chi connectivity index (χ3v) is 3.40. The monoisotopic (exact) mass is 262 g/mol. The minimum atomic E-state index is -3.59. The summed E-state index contributed by atoms with van der Waals surface area (Å²) in [6.45, 7) is 2.53. The van der Waals surface area contributed by atoms with E-state index >= 15 is 0 Å². The van der Waals surface area contributed by atoms with E-state index in [0.717, 1.165) is 0 Å². The Labute approximate surface area is 98.7 Å². The molecule has 0 aliphatic rings. The third-order valence-electron chi connectivity index (χ3n) is 2.07. The Morgan fingerprint density at radius 2 is 2.29 bits per heavy atom. The molecule has 0 aliphatic carbocycles. The molecule has 0 saturated carbocycles. The summed E-state index contributed by atoms with van der Waals surface area (Å²) in [5.74, 6) is -1.10. The third kappa shape index (κ3) is 4.49. The highest BCUT2D eigenvalue weighted by atomic mass is 32.2. The second-order valence-corrected chi connectivity index (χ2v) is 5.24. The standard InChI is InChI=1S/C8H14N4O4S/c1-2-12-6-9-11-7(12)5-10-17(15,16)4-3-8(13)14/h6,10H,2-5H2,1H3,(H,13,14). The van der Waals surface area contributed by atoms with Gasteiger partial charge in [0.15, 0.2) is 0 Å². The van der Waals surface area contributed by atoms with Gasteiger partial charge < -0.3 is 9.67 Å². The van der Waals surface area contributed by atoms with Crippen molar-refractivity contribution in [3.05, 3.63) is 12.2 Å². The highest BCUT2D eigenvalue weighted by Crippen LogP contribution is 1.97. The van der Waals surface area contributed by atoms with Gasteiger partial charge in [-0.3, -0.25) is 4.79 Å². The zero-order valence-electron chi connectivity index (χ0n) is 9.33. The smallest absolute Gasteiger partial charge is 0.304 e. The average molecular weight is 262 g/mol. The molecular weight excluding hydrogens is 248 g/mol. The van der Waals surface area contributed by atoms with Crippen molar-refractivity contribution in [2.45, 2.75) is 26.4 Å². The lowest BCUT2D eigenvalue weighted by Crippen LogP contribution is -2.28. The Hall–Kier alpha value is -1.48. The van der Waals surface area contributed by atoms with Gasteiger partial charge in [-0.2, -0.15) is 0 Å². The number of aryl methyl sites for hydroxylation is 1. The van der Waals surface area contributed by atoms with Crippen molar-refractivity contribution >= 4 is 16.0 Å². The summed E-state index contributed by atoms with van der Waals surface area (Å²) in [6.07, 6.45) is 1.08. The zero-order chi connectivity index (χ0) is 12.9. The molecule has 0 fully saturated rings. The summed E-state index contributed by atoms with van der Waals surface area (Å²) in [7, 11) is -3.59. The molecule has 96 valence electrons. The summed E-state index contributed by atoms with van der Waals surface area (Å²) < 4.78 is 26.8. The first-order chi connectivity index (χ1) is 7.94. The van der Waals surface area contributed by atoms with Crippen LogP contribution < -0.4 is 4.72 Å². The maximum absolute atomic E-state index is 11.4. The number of sulfonamides is 1. The van der Waals surface area contributed by atoms with Crippen molar-refractivity contribution in [1.29, 1.82) is 0 Å². The van der Waals surface area contributed by atoms with E-state index in [1.54, 1.807) is 4.57 Å². The van der Waals surface area contributed by atoms with Crippen LogP contribution in [0.15, 0.2) is 6.33 Å². The topological polar surface area (TPSA) is 114 Å². The van der Waals surface area contributed by atoms with E-state index in [-0.39, 0.29) is 6.54 Å². The number of nitrogens with one attached hydrogen (secondary N) is 1. The van der Waals surface area contributed by atoms with Crippen LogP contribution in [0, 0.1) is 0 Å². The van der Waals surface area contributed by atoms with Crippen molar-refractivity contribution < 1.29 is 18.3 Å². The first-order valence-corrected chi connectivity index (χ1v) is 6.65. The molecule has 1 heterocycles. The molecule has 0 amide bonds. The summed E-state index contributed by atoms with van der Waals surface area (Å²) in [5.41, 5.74) is 0. The number of hydrogen-bond donors (Lipinski definition) is 2. The molecule has 9 heteroatoms. The number of hydrogen-bond acceptors (Lipinski definition) is 5. The molecule has 0 aliphatic heterocycles. The maximum Gasteiger partial charge on any atom is 0.304 e. The molecule has 0 atom stereocenters. The minimum Gasteiger partial charge on any atom is -0.481 e. The van der Waals surface area contributed by atoms with Crippen LogP contribution in [-0.4, -0.2) is 40.0 Å². The predicted molar refractivity (Wildman–Crippen MR) is 58.6 cm³/mol. The number of carboxylic acids is 1. The number of rotatable bonds is 7. The molecular formula is C8H14N4O4S. The molecule has 0 spiro atoms. The Balaban J connectivity index is 2.52. The Morgan fingerprint density at radius 1 is 1.59 bits per heavy atom. The predicted octanol–water partition coefficient (Wildman–Crippen LogP) is -0.808. The second-order valence-electron chi connectivity index (χ2n) is 3.32. The number of nitrogens with zero attached hydrogens (tertiary/aromatic N) is 3. The first-order valence-electron chi connectivity index (χ1n) is 5.00. The Bertz CT molecular complexity index is 481. The van der Waals surface area contributed by atoms with E-state index in [4.69, 9.17) is 5.11 Å². The van der Waals surface area contributed by atoms with E-state index in [9.17, 15) is 13.2 Å². The van der Waals surface area contributed by atoms with E-state index in [2.05, 4.69) is 14.9 Å². The molecule has 0 bridgehead atoms. The van der Waals surface area contributed by atoms with Gasteiger partial charge in [-0.1, -0.05) is 0 Å². The summed E-state index contributed by atoms with van der Waals surface area (Å²) in [4.78, 5) is 10.3. The van der Waals surface area contributed by atoms with E-state index < -0.39 is 28.2 Å². The van der Waals surface area contributed by atoms with Crippen LogP contribution in [0.4, 0.5) is 0 Å². The van der Waals surface area contributed by atoms with Gasteiger partial charge in [0.1, 0.15) is 12.2 Å². The van der Waals surface area contributed by atoms with Crippen molar-refractivity contribution in [1.82, 2.24) is 19.5 Å². The Morgan fingerprint density at radius 3 is 2.88 bits per heavy atom. The molecule has 0 saturated heterocycles. The second kappa shape index (κ2) is 5.73. The number of aliphatic carboxylic acids is 1. The number of carboxylic acid groups (broad SMARTS) is 1. The summed E-state index contributed by atoms with van der Waals surface area (Å²) in [5, 5.41) is 15.8. The van der Waals surface area contributed by atoms with E-state index in [1.807, 2.05) is 6.92 Å². The van der Waals surface area contributed by atoms with Crippen molar-refractivity contribution in [2.24, 2.45) is 0 Å². The number of carbonyl (C=O) groups is 1. The van der Waals surface area contributed by atoms with Gasteiger partial charge in [-0.05, 0) is 6.92 Å². The van der Waals surface area contributed by atoms with Crippen LogP contribution in [0.3, 0.4) is 0 Å². The van der Waals surface area contributed by atoms with E-state index in [0.29, 0.717) is 12.4 Å². The summed E-state index contributed by atoms with van der Waals surface area (Å²) >= 11 is 0. The van der Waals surface area contributed by atoms with Crippen LogP contribution in [-0.2, 0) is 27.9 Å². The maximum atomic E-state index is 11.4. The lowest BCUT2D eigenvalue weighted by atomic mass is 10.5. The lowest BCUT2D eigenvalue weighted by molar-refractivity contribution is -0.136. The Kier molecular flexibility index (Phi) is 4.58. The fraction of sp³-hybridized carbons (Fsp3) is 0.625. The van der Waals surface area contributed by atoms with Crippen molar-refractivity contribution in [2.75, 3.05) is 5.75 Å². The summed E-state index contributed by atoms with van der Waals surface area (Å²) in [6, 6.07) is 0. The molecule has 1 aromatic heterocycles. The zero-order valence-corrected chi connectivity index (χ0v) is 10.1.